The molecule has 0 saturated carbocycles. The molecule has 0 N–H and O–H groups in total. The molecular weight excluding hydrogens is 271 g/mol. The molecule has 0 aliphatic rings. The molecular formula is C11H13N2O3PS. The summed E-state index contributed by atoms with van der Waals surface area (Å²) in [7, 11) is 1.39. The van der Waals surface area contributed by atoms with E-state index in [1.54, 1.807) is 31.2 Å². The molecule has 1 rings (SSSR count). The number of hydrogen-bond donors (Lipinski definition) is 0. The van der Waals surface area contributed by atoms with Crippen LogP contribution in [0.5, 0.6) is 0 Å². The van der Waals surface area contributed by atoms with E-state index >= 15 is 0 Å². The number of nitriles is 1. The summed E-state index contributed by atoms with van der Waals surface area (Å²) in [6, 6.07) is 10.9. The summed E-state index contributed by atoms with van der Waals surface area (Å²) in [5.41, 5.74) is 0.774. The monoisotopic (exact) mass is 284 g/mol. The summed E-state index contributed by atoms with van der Waals surface area (Å²) >= 11 is 5.05. The molecule has 5 nitrogen and oxygen atoms in total. The summed E-state index contributed by atoms with van der Waals surface area (Å²) in [6.45, 7) is -0.765. The van der Waals surface area contributed by atoms with E-state index in [9.17, 15) is 0 Å². The second-order valence-electron chi connectivity index (χ2n) is 3.05. The van der Waals surface area contributed by atoms with Crippen LogP contribution in [0.2, 0.25) is 0 Å². The first-order valence-corrected chi connectivity index (χ1v) is 7.73. The maximum absolute atomic E-state index is 9.01. The summed E-state index contributed by atoms with van der Waals surface area (Å²) in [5.74, 6) is 0. The standard InChI is InChI=1S/C11H13N2O3PS/c1-3-15-17(18,14-2)16-13-11(9-12)10-7-5-4-6-8-10/h4-8H,3H2,1-2H3. The Kier molecular flexibility index (Phi) is 5.96. The average Bonchev–Trinajstić information content (AvgIpc) is 2.41. The second kappa shape index (κ2) is 7.24. The van der Waals surface area contributed by atoms with Crippen molar-refractivity contribution in [3.8, 4) is 6.07 Å². The van der Waals surface area contributed by atoms with Crippen molar-refractivity contribution in [3.63, 3.8) is 0 Å². The van der Waals surface area contributed by atoms with Gasteiger partial charge in [0.05, 0.1) is 6.61 Å². The molecule has 0 amide bonds. The van der Waals surface area contributed by atoms with Gasteiger partial charge in [0, 0.05) is 24.5 Å². The van der Waals surface area contributed by atoms with Gasteiger partial charge >= 0.3 is 6.72 Å². The lowest BCUT2D eigenvalue weighted by atomic mass is 10.1. The van der Waals surface area contributed by atoms with Crippen LogP contribution in [0.15, 0.2) is 35.5 Å². The minimum absolute atomic E-state index is 0.126. The molecule has 1 atom stereocenters. The number of rotatable bonds is 6. The third-order valence-corrected chi connectivity index (χ3v) is 4.16. The second-order valence-corrected chi connectivity index (χ2v) is 6.07. The maximum Gasteiger partial charge on any atom is 0.401 e. The van der Waals surface area contributed by atoms with Crippen LogP contribution in [0.4, 0.5) is 0 Å². The largest absolute Gasteiger partial charge is 0.401 e. The quantitative estimate of drug-likeness (QED) is 0.456. The maximum atomic E-state index is 9.01. The zero-order chi connectivity index (χ0) is 13.4. The molecule has 0 aliphatic heterocycles. The molecule has 18 heavy (non-hydrogen) atoms. The van der Waals surface area contributed by atoms with Gasteiger partial charge in [0.15, 0.2) is 5.71 Å². The van der Waals surface area contributed by atoms with Crippen LogP contribution in [-0.4, -0.2) is 19.4 Å². The Bertz CT molecular complexity index is 499. The highest BCUT2D eigenvalue weighted by Gasteiger charge is 2.19. The zero-order valence-corrected chi connectivity index (χ0v) is 11.8. The summed E-state index contributed by atoms with van der Waals surface area (Å²) in [5, 5.41) is 12.7. The molecule has 0 aliphatic carbocycles. The Balaban J connectivity index is 2.88. The molecule has 0 saturated heterocycles. The smallest absolute Gasteiger partial charge is 0.312 e. The molecule has 1 aromatic carbocycles. The fourth-order valence-electron chi connectivity index (χ4n) is 1.09. The molecule has 7 heteroatoms. The van der Waals surface area contributed by atoms with Crippen molar-refractivity contribution >= 4 is 24.2 Å². The van der Waals surface area contributed by atoms with E-state index in [-0.39, 0.29) is 5.71 Å². The third kappa shape index (κ3) is 4.21. The number of nitrogens with zero attached hydrogens (tertiary/aromatic N) is 2. The lowest BCUT2D eigenvalue weighted by Gasteiger charge is -2.15. The van der Waals surface area contributed by atoms with E-state index in [2.05, 4.69) is 5.16 Å². The molecule has 0 heterocycles. The lowest BCUT2D eigenvalue weighted by molar-refractivity contribution is 0.189. The van der Waals surface area contributed by atoms with Crippen molar-refractivity contribution < 1.29 is 13.7 Å². The average molecular weight is 284 g/mol. The Morgan fingerprint density at radius 1 is 1.44 bits per heavy atom. The molecule has 1 aromatic rings. The summed E-state index contributed by atoms with van der Waals surface area (Å²) in [4.78, 5) is 0. The van der Waals surface area contributed by atoms with E-state index in [1.807, 2.05) is 12.1 Å². The number of benzene rings is 1. The minimum Gasteiger partial charge on any atom is -0.312 e. The van der Waals surface area contributed by atoms with Crippen molar-refractivity contribution in [1.82, 2.24) is 0 Å². The van der Waals surface area contributed by atoms with Gasteiger partial charge in [-0.05, 0) is 6.92 Å². The molecule has 0 bridgehead atoms. The van der Waals surface area contributed by atoms with Crippen LogP contribution in [0.25, 0.3) is 0 Å². The Hall–Kier alpha value is -1.25. The van der Waals surface area contributed by atoms with Crippen LogP contribution >= 0.6 is 6.72 Å². The topological polar surface area (TPSA) is 63.8 Å². The van der Waals surface area contributed by atoms with E-state index < -0.39 is 6.72 Å². The van der Waals surface area contributed by atoms with Gasteiger partial charge in [-0.1, -0.05) is 35.5 Å². The molecule has 0 aromatic heterocycles. The Morgan fingerprint density at radius 2 is 2.11 bits per heavy atom. The van der Waals surface area contributed by atoms with Crippen molar-refractivity contribution in [2.45, 2.75) is 6.92 Å². The highest BCUT2D eigenvalue weighted by atomic mass is 32.5. The Morgan fingerprint density at radius 3 is 2.61 bits per heavy atom. The fourth-order valence-corrected chi connectivity index (χ4v) is 2.23. The van der Waals surface area contributed by atoms with Gasteiger partial charge in [0.1, 0.15) is 6.07 Å². The summed E-state index contributed by atoms with van der Waals surface area (Å²) in [6.07, 6.45) is 0. The first-order valence-electron chi connectivity index (χ1n) is 5.17. The number of oxime groups is 1. The van der Waals surface area contributed by atoms with Crippen LogP contribution in [-0.2, 0) is 25.5 Å². The molecule has 0 spiro atoms. The van der Waals surface area contributed by atoms with Crippen LogP contribution < -0.4 is 0 Å². The van der Waals surface area contributed by atoms with Crippen molar-refractivity contribution in [3.05, 3.63) is 35.9 Å². The molecule has 1 unspecified atom stereocenters. The van der Waals surface area contributed by atoms with Gasteiger partial charge in [0.2, 0.25) is 0 Å². The van der Waals surface area contributed by atoms with Gasteiger partial charge in [-0.15, -0.1) is 0 Å². The first kappa shape index (κ1) is 14.8. The van der Waals surface area contributed by atoms with Gasteiger partial charge in [0.25, 0.3) is 0 Å². The van der Waals surface area contributed by atoms with Crippen molar-refractivity contribution in [2.75, 3.05) is 13.7 Å². The van der Waals surface area contributed by atoms with E-state index in [0.29, 0.717) is 12.2 Å². The zero-order valence-electron chi connectivity index (χ0n) is 10.1. The highest BCUT2D eigenvalue weighted by molar-refractivity contribution is 8.07. The van der Waals surface area contributed by atoms with Crippen molar-refractivity contribution in [2.24, 2.45) is 5.16 Å². The van der Waals surface area contributed by atoms with E-state index in [0.717, 1.165) is 0 Å². The van der Waals surface area contributed by atoms with Gasteiger partial charge in [-0.25, -0.2) is 0 Å². The SMILES string of the molecule is CCOP(=S)(OC)ON=C(C#N)c1ccccc1. The van der Waals surface area contributed by atoms with Gasteiger partial charge in [-0.3, -0.25) is 4.52 Å². The normalized spacial score (nSPS) is 14.6. The van der Waals surface area contributed by atoms with E-state index in [4.69, 9.17) is 30.7 Å². The lowest BCUT2D eigenvalue weighted by Crippen LogP contribution is -2.00. The molecule has 0 fully saturated rings. The van der Waals surface area contributed by atoms with Crippen LogP contribution in [0, 0.1) is 11.3 Å². The van der Waals surface area contributed by atoms with Crippen molar-refractivity contribution in [1.29, 1.82) is 5.26 Å². The van der Waals surface area contributed by atoms with Crippen LogP contribution in [0.1, 0.15) is 12.5 Å². The first-order chi connectivity index (χ1) is 8.65. The Labute approximate surface area is 111 Å². The van der Waals surface area contributed by atoms with Gasteiger partial charge < -0.3 is 9.15 Å². The van der Waals surface area contributed by atoms with E-state index in [1.165, 1.54) is 7.11 Å². The fraction of sp³-hybridized carbons (Fsp3) is 0.273. The molecule has 96 valence electrons. The third-order valence-electron chi connectivity index (χ3n) is 1.90. The predicted octanol–water partition coefficient (Wildman–Crippen LogP) is 2.84. The number of hydrogen-bond acceptors (Lipinski definition) is 6. The summed E-state index contributed by atoms with van der Waals surface area (Å²) < 4.78 is 15.2. The van der Waals surface area contributed by atoms with Crippen LogP contribution in [0.3, 0.4) is 0 Å². The highest BCUT2D eigenvalue weighted by Crippen LogP contribution is 2.49. The molecule has 0 radical (unpaired) electrons. The van der Waals surface area contributed by atoms with Gasteiger partial charge in [-0.2, -0.15) is 5.26 Å². The minimum atomic E-state index is -2.89. The predicted molar refractivity (Wildman–Crippen MR) is 72.6 cm³/mol.